The van der Waals surface area contributed by atoms with Crippen molar-refractivity contribution in [3.8, 4) is 11.1 Å². The van der Waals surface area contributed by atoms with Crippen molar-refractivity contribution in [3.05, 3.63) is 63.7 Å². The number of ether oxygens (including phenoxy) is 2. The van der Waals surface area contributed by atoms with E-state index in [-0.39, 0.29) is 35.9 Å². The van der Waals surface area contributed by atoms with Crippen LogP contribution in [0, 0.1) is 10.1 Å². The Kier molecular flexibility index (Phi) is 4.94. The van der Waals surface area contributed by atoms with E-state index >= 15 is 0 Å². The van der Waals surface area contributed by atoms with Gasteiger partial charge in [0.25, 0.3) is 5.69 Å². The molecule has 0 bridgehead atoms. The number of morpholine rings is 1. The summed E-state index contributed by atoms with van der Waals surface area (Å²) in [5, 5.41) is 14.3. The van der Waals surface area contributed by atoms with Gasteiger partial charge >= 0.3 is 5.97 Å². The number of nitro groups is 1. The summed E-state index contributed by atoms with van der Waals surface area (Å²) in [5.74, 6) is -0.999. The third-order valence-electron chi connectivity index (χ3n) is 4.09. The summed E-state index contributed by atoms with van der Waals surface area (Å²) >= 11 is 0. The molecule has 1 fully saturated rings. The van der Waals surface area contributed by atoms with Crippen LogP contribution in [0.5, 0.6) is 0 Å². The van der Waals surface area contributed by atoms with Gasteiger partial charge in [-0.05, 0) is 11.6 Å². The van der Waals surface area contributed by atoms with Gasteiger partial charge in [0, 0.05) is 11.6 Å². The molecule has 134 valence electrons. The Labute approximate surface area is 148 Å². The van der Waals surface area contributed by atoms with Gasteiger partial charge in [-0.2, -0.15) is 0 Å². The number of nitrogens with one attached hydrogen (secondary N) is 1. The van der Waals surface area contributed by atoms with Crippen molar-refractivity contribution in [2.75, 3.05) is 20.3 Å². The molecule has 0 aliphatic carbocycles. The zero-order chi connectivity index (χ0) is 18.7. The Balaban J connectivity index is 2.31. The predicted octanol–water partition coefficient (Wildman–Crippen LogP) is 2.24. The Morgan fingerprint density at radius 3 is 2.62 bits per heavy atom. The predicted molar refractivity (Wildman–Crippen MR) is 91.6 cm³/mol. The normalized spacial score (nSPS) is 16.7. The molecule has 1 heterocycles. The Morgan fingerprint density at radius 1 is 1.27 bits per heavy atom. The summed E-state index contributed by atoms with van der Waals surface area (Å²) < 4.78 is 10.1. The second-order valence-electron chi connectivity index (χ2n) is 5.67. The Morgan fingerprint density at radius 2 is 2.00 bits per heavy atom. The van der Waals surface area contributed by atoms with E-state index in [2.05, 4.69) is 5.32 Å². The maximum absolute atomic E-state index is 12.3. The van der Waals surface area contributed by atoms with Gasteiger partial charge in [0.05, 0.1) is 35.8 Å². The SMILES string of the molecule is COC(=O)c1ccc([N+](=O)[O-])c([C@@H]2COCC(=O)N2)c1-c1ccccc1. The molecule has 0 saturated carbocycles. The number of benzene rings is 2. The first-order chi connectivity index (χ1) is 12.5. The molecule has 1 N–H and O–H groups in total. The van der Waals surface area contributed by atoms with Gasteiger partial charge in [0.1, 0.15) is 6.61 Å². The van der Waals surface area contributed by atoms with Crippen molar-refractivity contribution < 1.29 is 24.0 Å². The molecule has 1 amide bonds. The van der Waals surface area contributed by atoms with Crippen LogP contribution in [0.15, 0.2) is 42.5 Å². The van der Waals surface area contributed by atoms with E-state index in [1.54, 1.807) is 30.3 Å². The van der Waals surface area contributed by atoms with Gasteiger partial charge < -0.3 is 14.8 Å². The van der Waals surface area contributed by atoms with Crippen molar-refractivity contribution in [1.29, 1.82) is 0 Å². The molecule has 1 atom stereocenters. The summed E-state index contributed by atoms with van der Waals surface area (Å²) in [7, 11) is 1.24. The summed E-state index contributed by atoms with van der Waals surface area (Å²) in [6.45, 7) is -0.0430. The van der Waals surface area contributed by atoms with Crippen LogP contribution in [0.4, 0.5) is 5.69 Å². The van der Waals surface area contributed by atoms with Crippen molar-refractivity contribution >= 4 is 17.6 Å². The van der Waals surface area contributed by atoms with Gasteiger partial charge in [-0.3, -0.25) is 14.9 Å². The fraction of sp³-hybridized carbons (Fsp3) is 0.222. The minimum atomic E-state index is -0.753. The van der Waals surface area contributed by atoms with Gasteiger partial charge in [-0.15, -0.1) is 0 Å². The van der Waals surface area contributed by atoms with Crippen LogP contribution in [0.3, 0.4) is 0 Å². The Bertz CT molecular complexity index is 865. The van der Waals surface area contributed by atoms with Crippen LogP contribution in [0.25, 0.3) is 11.1 Å². The molecule has 1 aliphatic heterocycles. The molecule has 1 saturated heterocycles. The van der Waals surface area contributed by atoms with E-state index in [0.29, 0.717) is 11.1 Å². The standard InChI is InChI=1S/C18H16N2O6/c1-25-18(22)12-7-8-14(20(23)24)17(13-9-26-10-15(21)19-13)16(12)11-5-3-2-4-6-11/h2-8,13H,9-10H2,1H3,(H,19,21)/t13-/m0/s1. The van der Waals surface area contributed by atoms with Gasteiger partial charge in [0.2, 0.25) is 5.91 Å². The monoisotopic (exact) mass is 356 g/mol. The molecule has 1 aliphatic rings. The molecular formula is C18H16N2O6. The molecule has 2 aromatic carbocycles. The highest BCUT2D eigenvalue weighted by Gasteiger charge is 2.33. The van der Waals surface area contributed by atoms with E-state index in [0.717, 1.165) is 0 Å². The summed E-state index contributed by atoms with van der Waals surface area (Å²) in [5.41, 5.74) is 1.15. The number of rotatable bonds is 4. The number of hydrogen-bond donors (Lipinski definition) is 1. The fourth-order valence-corrected chi connectivity index (χ4v) is 3.02. The molecule has 8 nitrogen and oxygen atoms in total. The smallest absolute Gasteiger partial charge is 0.338 e. The highest BCUT2D eigenvalue weighted by atomic mass is 16.6. The second kappa shape index (κ2) is 7.32. The molecular weight excluding hydrogens is 340 g/mol. The van der Waals surface area contributed by atoms with Crippen LogP contribution >= 0.6 is 0 Å². The first kappa shape index (κ1) is 17.6. The van der Waals surface area contributed by atoms with Gasteiger partial charge in [-0.25, -0.2) is 4.79 Å². The van der Waals surface area contributed by atoms with Crippen molar-refractivity contribution in [2.24, 2.45) is 0 Å². The highest BCUT2D eigenvalue weighted by Crippen LogP contribution is 2.39. The van der Waals surface area contributed by atoms with E-state index in [9.17, 15) is 19.7 Å². The first-order valence-electron chi connectivity index (χ1n) is 7.85. The number of hydrogen-bond acceptors (Lipinski definition) is 6. The topological polar surface area (TPSA) is 108 Å². The zero-order valence-corrected chi connectivity index (χ0v) is 13.9. The number of nitro benzene ring substituents is 1. The molecule has 2 aromatic rings. The Hall–Kier alpha value is -3.26. The number of nitrogens with zero attached hydrogens (tertiary/aromatic N) is 1. The molecule has 0 spiro atoms. The van der Waals surface area contributed by atoms with E-state index in [4.69, 9.17) is 9.47 Å². The van der Waals surface area contributed by atoms with Crippen molar-refractivity contribution in [1.82, 2.24) is 5.32 Å². The maximum Gasteiger partial charge on any atom is 0.338 e. The number of amides is 1. The lowest BCUT2D eigenvalue weighted by molar-refractivity contribution is -0.385. The van der Waals surface area contributed by atoms with Crippen LogP contribution in [0.2, 0.25) is 0 Å². The quantitative estimate of drug-likeness (QED) is 0.511. The van der Waals surface area contributed by atoms with Crippen molar-refractivity contribution in [3.63, 3.8) is 0 Å². The molecule has 8 heteroatoms. The third kappa shape index (κ3) is 3.27. The van der Waals surface area contributed by atoms with E-state index in [1.807, 2.05) is 0 Å². The lowest BCUT2D eigenvalue weighted by Gasteiger charge is -2.26. The molecule has 0 aromatic heterocycles. The second-order valence-corrected chi connectivity index (χ2v) is 5.67. The van der Waals surface area contributed by atoms with Crippen LogP contribution in [0.1, 0.15) is 22.0 Å². The summed E-state index contributed by atoms with van der Waals surface area (Å²) in [6, 6.07) is 10.6. The average molecular weight is 356 g/mol. The van der Waals surface area contributed by atoms with Crippen molar-refractivity contribution in [2.45, 2.75) is 6.04 Å². The largest absolute Gasteiger partial charge is 0.465 e. The number of carbonyl (C=O) groups excluding carboxylic acids is 2. The minimum absolute atomic E-state index is 0.0665. The highest BCUT2D eigenvalue weighted by molar-refractivity contribution is 5.99. The van der Waals surface area contributed by atoms with E-state index in [1.165, 1.54) is 19.2 Å². The van der Waals surface area contributed by atoms with Crippen LogP contribution in [-0.4, -0.2) is 37.1 Å². The summed E-state index contributed by atoms with van der Waals surface area (Å²) in [6.07, 6.45) is 0. The van der Waals surface area contributed by atoms with E-state index < -0.39 is 16.9 Å². The summed E-state index contributed by atoms with van der Waals surface area (Å²) in [4.78, 5) is 35.1. The van der Waals surface area contributed by atoms with Crippen LogP contribution < -0.4 is 5.32 Å². The minimum Gasteiger partial charge on any atom is -0.465 e. The third-order valence-corrected chi connectivity index (χ3v) is 4.09. The van der Waals surface area contributed by atoms with Gasteiger partial charge in [-0.1, -0.05) is 30.3 Å². The number of carbonyl (C=O) groups is 2. The number of methoxy groups -OCH3 is 1. The van der Waals surface area contributed by atoms with Crippen LogP contribution in [-0.2, 0) is 14.3 Å². The number of esters is 1. The maximum atomic E-state index is 12.3. The lowest BCUT2D eigenvalue weighted by Crippen LogP contribution is -2.40. The molecule has 26 heavy (non-hydrogen) atoms. The molecule has 0 unspecified atom stereocenters. The first-order valence-corrected chi connectivity index (χ1v) is 7.85. The zero-order valence-electron chi connectivity index (χ0n) is 13.9. The average Bonchev–Trinajstić information content (AvgIpc) is 2.66. The lowest BCUT2D eigenvalue weighted by atomic mass is 9.89. The van der Waals surface area contributed by atoms with Gasteiger partial charge in [0.15, 0.2) is 0 Å². The molecule has 0 radical (unpaired) electrons. The molecule has 3 rings (SSSR count). The fourth-order valence-electron chi connectivity index (χ4n) is 3.02.